The molecule has 0 unspecified atom stereocenters. The van der Waals surface area contributed by atoms with Crippen molar-refractivity contribution in [2.75, 3.05) is 31.2 Å². The van der Waals surface area contributed by atoms with Crippen LogP contribution < -0.4 is 10.6 Å². The molecule has 2 N–H and O–H groups in total. The number of benzene rings is 2. The van der Waals surface area contributed by atoms with Gasteiger partial charge in [0, 0.05) is 30.6 Å². The van der Waals surface area contributed by atoms with Gasteiger partial charge >= 0.3 is 0 Å². The maximum Gasteiger partial charge on any atom is 0.123 e. The zero-order valence-corrected chi connectivity index (χ0v) is 13.9. The zero-order valence-electron chi connectivity index (χ0n) is 13.9. The number of rotatable bonds is 3. The van der Waals surface area contributed by atoms with Crippen molar-refractivity contribution in [1.82, 2.24) is 4.98 Å². The smallest absolute Gasteiger partial charge is 0.123 e. The Morgan fingerprint density at radius 1 is 1.08 bits per heavy atom. The summed E-state index contributed by atoms with van der Waals surface area (Å²) in [6.07, 6.45) is 0. The van der Waals surface area contributed by atoms with Crippen LogP contribution in [0.3, 0.4) is 0 Å². The van der Waals surface area contributed by atoms with Gasteiger partial charge in [0.2, 0.25) is 0 Å². The van der Waals surface area contributed by atoms with Crippen LogP contribution in [0.2, 0.25) is 0 Å². The predicted molar refractivity (Wildman–Crippen MR) is 98.1 cm³/mol. The quantitative estimate of drug-likeness (QED) is 0.796. The van der Waals surface area contributed by atoms with Crippen LogP contribution in [0.4, 0.5) is 10.1 Å². The number of anilines is 1. The first-order valence-electron chi connectivity index (χ1n) is 8.47. The molecule has 0 spiro atoms. The number of para-hydroxylation sites is 1. The van der Waals surface area contributed by atoms with Gasteiger partial charge in [0.1, 0.15) is 5.82 Å². The minimum atomic E-state index is -0.274. The van der Waals surface area contributed by atoms with Gasteiger partial charge in [-0.15, -0.1) is 0 Å². The second-order valence-corrected chi connectivity index (χ2v) is 6.16. The molecule has 4 nitrogen and oxygen atoms in total. The molecule has 0 atom stereocenters. The molecule has 2 aromatic carbocycles. The molecule has 4 rings (SSSR count). The minimum absolute atomic E-state index is 0.274. The normalized spacial score (nSPS) is 14.9. The number of nitrogens with two attached hydrogens (primary N) is 1. The Hall–Kier alpha value is -2.50. The Morgan fingerprint density at radius 3 is 2.64 bits per heavy atom. The number of halogens is 1. The van der Waals surface area contributed by atoms with E-state index in [2.05, 4.69) is 17.0 Å². The first-order chi connectivity index (χ1) is 12.3. The average Bonchev–Trinajstić information content (AvgIpc) is 2.67. The molecule has 1 aliphatic rings. The maximum atomic E-state index is 13.7. The van der Waals surface area contributed by atoms with Crippen LogP contribution in [0.25, 0.3) is 22.2 Å². The highest BCUT2D eigenvalue weighted by Gasteiger charge is 2.17. The van der Waals surface area contributed by atoms with E-state index in [-0.39, 0.29) is 5.82 Å². The van der Waals surface area contributed by atoms with Crippen LogP contribution >= 0.6 is 0 Å². The first-order valence-corrected chi connectivity index (χ1v) is 8.47. The van der Waals surface area contributed by atoms with E-state index in [1.807, 2.05) is 18.2 Å². The molecule has 0 radical (unpaired) electrons. The molecule has 25 heavy (non-hydrogen) atoms. The van der Waals surface area contributed by atoms with Gasteiger partial charge in [-0.25, -0.2) is 9.37 Å². The van der Waals surface area contributed by atoms with Gasteiger partial charge in [0.15, 0.2) is 0 Å². The Bertz CT molecular complexity index is 907. The fourth-order valence-electron chi connectivity index (χ4n) is 3.33. The monoisotopic (exact) mass is 337 g/mol. The van der Waals surface area contributed by atoms with Crippen LogP contribution in [0.5, 0.6) is 0 Å². The van der Waals surface area contributed by atoms with Crippen molar-refractivity contribution in [3.63, 3.8) is 0 Å². The maximum absolute atomic E-state index is 13.7. The van der Waals surface area contributed by atoms with Crippen LogP contribution in [0.1, 0.15) is 5.56 Å². The SMILES string of the molecule is NCc1cc2cccc(N3CCOCC3)c2nc1-c1cccc(F)c1. The van der Waals surface area contributed by atoms with Crippen LogP contribution in [-0.4, -0.2) is 31.3 Å². The highest BCUT2D eigenvalue weighted by molar-refractivity contribution is 5.93. The van der Waals surface area contributed by atoms with E-state index in [1.54, 1.807) is 6.07 Å². The zero-order chi connectivity index (χ0) is 17.2. The van der Waals surface area contributed by atoms with Crippen LogP contribution in [-0.2, 0) is 11.3 Å². The number of fused-ring (bicyclic) bond motifs is 1. The molecular formula is C20H20FN3O. The van der Waals surface area contributed by atoms with Gasteiger partial charge in [-0.05, 0) is 29.8 Å². The molecule has 128 valence electrons. The van der Waals surface area contributed by atoms with Gasteiger partial charge in [-0.2, -0.15) is 0 Å². The molecule has 0 bridgehead atoms. The highest BCUT2D eigenvalue weighted by atomic mass is 19.1. The van der Waals surface area contributed by atoms with Gasteiger partial charge in [-0.1, -0.05) is 24.3 Å². The first kappa shape index (κ1) is 16.0. The van der Waals surface area contributed by atoms with Crippen molar-refractivity contribution >= 4 is 16.6 Å². The summed E-state index contributed by atoms with van der Waals surface area (Å²) < 4.78 is 19.1. The van der Waals surface area contributed by atoms with Crippen molar-refractivity contribution in [3.8, 4) is 11.3 Å². The van der Waals surface area contributed by atoms with Gasteiger partial charge < -0.3 is 15.4 Å². The Balaban J connectivity index is 1.90. The molecule has 1 fully saturated rings. The summed E-state index contributed by atoms with van der Waals surface area (Å²) in [5, 5.41) is 1.05. The second-order valence-electron chi connectivity index (χ2n) is 6.16. The van der Waals surface area contributed by atoms with E-state index in [0.29, 0.717) is 19.8 Å². The summed E-state index contributed by atoms with van der Waals surface area (Å²) in [4.78, 5) is 7.19. The van der Waals surface area contributed by atoms with E-state index in [9.17, 15) is 4.39 Å². The number of hydrogen-bond donors (Lipinski definition) is 1. The molecule has 0 amide bonds. The summed E-state index contributed by atoms with van der Waals surface area (Å²) in [7, 11) is 0. The summed E-state index contributed by atoms with van der Waals surface area (Å²) in [5.41, 5.74) is 10.3. The number of morpholine rings is 1. The lowest BCUT2D eigenvalue weighted by Gasteiger charge is -2.29. The number of aromatic nitrogens is 1. The van der Waals surface area contributed by atoms with Crippen molar-refractivity contribution in [1.29, 1.82) is 0 Å². The summed E-state index contributed by atoms with van der Waals surface area (Å²) in [5.74, 6) is -0.274. The van der Waals surface area contributed by atoms with Crippen LogP contribution in [0, 0.1) is 5.82 Å². The summed E-state index contributed by atoms with van der Waals surface area (Å²) in [6, 6.07) is 14.7. The molecule has 1 aromatic heterocycles. The Morgan fingerprint density at radius 2 is 1.88 bits per heavy atom. The van der Waals surface area contributed by atoms with Gasteiger partial charge in [-0.3, -0.25) is 0 Å². The van der Waals surface area contributed by atoms with E-state index in [0.717, 1.165) is 46.5 Å². The van der Waals surface area contributed by atoms with Gasteiger partial charge in [0.05, 0.1) is 30.1 Å². The lowest BCUT2D eigenvalue weighted by atomic mass is 10.0. The third-order valence-corrected chi connectivity index (χ3v) is 4.57. The summed E-state index contributed by atoms with van der Waals surface area (Å²) >= 11 is 0. The number of ether oxygens (including phenoxy) is 1. The fraction of sp³-hybridized carbons (Fsp3) is 0.250. The third kappa shape index (κ3) is 3.08. The minimum Gasteiger partial charge on any atom is -0.378 e. The lowest BCUT2D eigenvalue weighted by Crippen LogP contribution is -2.36. The molecule has 1 saturated heterocycles. The molecular weight excluding hydrogens is 317 g/mol. The molecule has 3 aromatic rings. The topological polar surface area (TPSA) is 51.4 Å². The van der Waals surface area contributed by atoms with Crippen molar-refractivity contribution in [2.45, 2.75) is 6.54 Å². The molecule has 0 aliphatic carbocycles. The number of nitrogens with zero attached hydrogens (tertiary/aromatic N) is 2. The van der Waals surface area contributed by atoms with Gasteiger partial charge in [0.25, 0.3) is 0 Å². The number of hydrogen-bond acceptors (Lipinski definition) is 4. The molecule has 1 aliphatic heterocycles. The predicted octanol–water partition coefficient (Wildman–Crippen LogP) is 3.34. The standard InChI is InChI=1S/C20H20FN3O/c21-17-5-1-3-15(12-17)19-16(13-22)11-14-4-2-6-18(20(14)23-19)24-7-9-25-10-8-24/h1-6,11-12H,7-10,13,22H2. The fourth-order valence-corrected chi connectivity index (χ4v) is 3.33. The molecule has 2 heterocycles. The van der Waals surface area contributed by atoms with Crippen LogP contribution in [0.15, 0.2) is 48.5 Å². The van der Waals surface area contributed by atoms with Crippen molar-refractivity contribution < 1.29 is 9.13 Å². The largest absolute Gasteiger partial charge is 0.378 e. The van der Waals surface area contributed by atoms with E-state index < -0.39 is 0 Å². The van der Waals surface area contributed by atoms with E-state index >= 15 is 0 Å². The Kier molecular flexibility index (Phi) is 4.34. The average molecular weight is 337 g/mol. The van der Waals surface area contributed by atoms with Crippen molar-refractivity contribution in [3.05, 3.63) is 59.9 Å². The summed E-state index contributed by atoms with van der Waals surface area (Å²) in [6.45, 7) is 3.47. The number of pyridine rings is 1. The van der Waals surface area contributed by atoms with E-state index in [1.165, 1.54) is 12.1 Å². The Labute approximate surface area is 146 Å². The lowest BCUT2D eigenvalue weighted by molar-refractivity contribution is 0.123. The molecule has 5 heteroatoms. The van der Waals surface area contributed by atoms with Crippen molar-refractivity contribution in [2.24, 2.45) is 5.73 Å². The van der Waals surface area contributed by atoms with E-state index in [4.69, 9.17) is 15.5 Å². The third-order valence-electron chi connectivity index (χ3n) is 4.57. The highest BCUT2D eigenvalue weighted by Crippen LogP contribution is 2.31. The second kappa shape index (κ2) is 6.78. The molecule has 0 saturated carbocycles.